The van der Waals surface area contributed by atoms with Gasteiger partial charge in [0.25, 0.3) is 5.91 Å². The first-order valence-electron chi connectivity index (χ1n) is 7.54. The molecule has 7 nitrogen and oxygen atoms in total. The van der Waals surface area contributed by atoms with E-state index in [1.807, 2.05) is 6.07 Å². The number of hydrogen-bond acceptors (Lipinski definition) is 5. The Morgan fingerprint density at radius 1 is 1.04 bits per heavy atom. The van der Waals surface area contributed by atoms with Gasteiger partial charge in [-0.25, -0.2) is 4.98 Å². The number of hydrogen-bond donors (Lipinski definition) is 2. The number of fused-ring (bicyclic) bond motifs is 1. The molecule has 2 heterocycles. The number of carboxylic acid groups (broad SMARTS) is 1. The van der Waals surface area contributed by atoms with Gasteiger partial charge in [-0.05, 0) is 17.7 Å². The fourth-order valence-corrected chi connectivity index (χ4v) is 2.50. The molecule has 0 bridgehead atoms. The summed E-state index contributed by atoms with van der Waals surface area (Å²) in [6.07, 6.45) is 2.92. The van der Waals surface area contributed by atoms with Gasteiger partial charge in [0.05, 0.1) is 0 Å². The maximum Gasteiger partial charge on any atom is 0.323 e. The number of pyridine rings is 2. The van der Waals surface area contributed by atoms with Crippen LogP contribution in [0.3, 0.4) is 0 Å². The van der Waals surface area contributed by atoms with E-state index in [1.54, 1.807) is 36.4 Å². The van der Waals surface area contributed by atoms with Crippen LogP contribution in [-0.4, -0.2) is 43.5 Å². The summed E-state index contributed by atoms with van der Waals surface area (Å²) in [5, 5.41) is 20.0. The Labute approximate surface area is 143 Å². The molecule has 0 saturated carbocycles. The van der Waals surface area contributed by atoms with Gasteiger partial charge >= 0.3 is 5.97 Å². The van der Waals surface area contributed by atoms with Crippen molar-refractivity contribution in [3.63, 3.8) is 0 Å². The second kappa shape index (κ2) is 6.96. The Hall–Kier alpha value is -3.48. The molecule has 0 aliphatic heterocycles. The highest BCUT2D eigenvalue weighted by Crippen LogP contribution is 2.26. The van der Waals surface area contributed by atoms with E-state index in [1.165, 1.54) is 12.4 Å². The quantitative estimate of drug-likeness (QED) is 0.738. The molecule has 0 aliphatic rings. The maximum atomic E-state index is 12.8. The summed E-state index contributed by atoms with van der Waals surface area (Å²) in [4.78, 5) is 33.1. The van der Waals surface area contributed by atoms with Crippen molar-refractivity contribution in [3.8, 4) is 5.75 Å². The molecule has 0 aliphatic carbocycles. The third-order valence-electron chi connectivity index (χ3n) is 3.65. The molecule has 0 radical (unpaired) electrons. The van der Waals surface area contributed by atoms with Crippen LogP contribution in [0.15, 0.2) is 54.9 Å². The van der Waals surface area contributed by atoms with E-state index < -0.39 is 18.4 Å². The molecule has 0 spiro atoms. The van der Waals surface area contributed by atoms with Crippen molar-refractivity contribution in [2.45, 2.75) is 6.54 Å². The lowest BCUT2D eigenvalue weighted by molar-refractivity contribution is -0.137. The van der Waals surface area contributed by atoms with E-state index in [9.17, 15) is 14.7 Å². The zero-order chi connectivity index (χ0) is 17.8. The highest BCUT2D eigenvalue weighted by Gasteiger charge is 2.24. The minimum atomic E-state index is -1.15. The number of amides is 1. The van der Waals surface area contributed by atoms with E-state index in [4.69, 9.17) is 5.11 Å². The van der Waals surface area contributed by atoms with E-state index >= 15 is 0 Å². The molecule has 0 atom stereocenters. The average Bonchev–Trinajstić information content (AvgIpc) is 2.62. The predicted molar refractivity (Wildman–Crippen MR) is 90.0 cm³/mol. The van der Waals surface area contributed by atoms with Crippen molar-refractivity contribution in [1.29, 1.82) is 0 Å². The molecular weight excluding hydrogens is 322 g/mol. The number of carbonyl (C=O) groups is 2. The molecular formula is C18H15N3O4. The van der Waals surface area contributed by atoms with Crippen molar-refractivity contribution in [3.05, 3.63) is 66.1 Å². The summed E-state index contributed by atoms with van der Waals surface area (Å²) in [7, 11) is 0. The number of aromatic nitrogens is 2. The Kier molecular flexibility index (Phi) is 4.56. The van der Waals surface area contributed by atoms with Crippen LogP contribution in [0.2, 0.25) is 0 Å². The van der Waals surface area contributed by atoms with Gasteiger partial charge in [0.15, 0.2) is 11.4 Å². The lowest BCUT2D eigenvalue weighted by Gasteiger charge is -2.21. The first-order valence-corrected chi connectivity index (χ1v) is 7.54. The Morgan fingerprint density at radius 3 is 2.52 bits per heavy atom. The zero-order valence-electron chi connectivity index (χ0n) is 13.2. The molecule has 1 aromatic carbocycles. The molecule has 0 fully saturated rings. The van der Waals surface area contributed by atoms with Gasteiger partial charge < -0.3 is 15.1 Å². The fourth-order valence-electron chi connectivity index (χ4n) is 2.50. The minimum Gasteiger partial charge on any atom is -0.504 e. The molecule has 0 saturated heterocycles. The van der Waals surface area contributed by atoms with E-state index in [2.05, 4.69) is 9.97 Å². The minimum absolute atomic E-state index is 0.0906. The topological polar surface area (TPSA) is 104 Å². The first-order chi connectivity index (χ1) is 12.1. The number of nitrogens with zero attached hydrogens (tertiary/aromatic N) is 3. The summed E-state index contributed by atoms with van der Waals surface area (Å²) >= 11 is 0. The number of carbonyl (C=O) groups excluding carboxylic acids is 1. The predicted octanol–water partition coefficient (Wildman–Crippen LogP) is 2.06. The molecule has 3 rings (SSSR count). The van der Waals surface area contributed by atoms with Crippen LogP contribution in [0.25, 0.3) is 10.9 Å². The summed E-state index contributed by atoms with van der Waals surface area (Å²) in [5.74, 6) is -2.18. The highest BCUT2D eigenvalue weighted by atomic mass is 16.4. The van der Waals surface area contributed by atoms with Gasteiger partial charge in [0.1, 0.15) is 12.1 Å². The van der Waals surface area contributed by atoms with Gasteiger partial charge in [-0.15, -0.1) is 0 Å². The number of rotatable bonds is 5. The van der Waals surface area contributed by atoms with Gasteiger partial charge in [0.2, 0.25) is 0 Å². The van der Waals surface area contributed by atoms with E-state index in [0.717, 1.165) is 10.5 Å². The van der Waals surface area contributed by atoms with Crippen LogP contribution in [0.1, 0.15) is 16.1 Å². The second-order valence-electron chi connectivity index (χ2n) is 5.44. The van der Waals surface area contributed by atoms with Crippen molar-refractivity contribution in [1.82, 2.24) is 14.9 Å². The smallest absolute Gasteiger partial charge is 0.323 e. The van der Waals surface area contributed by atoms with Crippen LogP contribution in [0, 0.1) is 0 Å². The number of benzene rings is 1. The molecule has 2 N–H and O–H groups in total. The number of aromatic hydroxyl groups is 1. The lowest BCUT2D eigenvalue weighted by Crippen LogP contribution is -2.35. The molecule has 7 heteroatoms. The monoisotopic (exact) mass is 337 g/mol. The van der Waals surface area contributed by atoms with Crippen LogP contribution in [-0.2, 0) is 11.3 Å². The first kappa shape index (κ1) is 16.4. The maximum absolute atomic E-state index is 12.8. The third kappa shape index (κ3) is 3.55. The van der Waals surface area contributed by atoms with Crippen molar-refractivity contribution >= 4 is 22.8 Å². The second-order valence-corrected chi connectivity index (χ2v) is 5.44. The van der Waals surface area contributed by atoms with Gasteiger partial charge in [-0.3, -0.25) is 14.6 Å². The summed E-state index contributed by atoms with van der Waals surface area (Å²) in [5.41, 5.74) is 0.801. The third-order valence-corrected chi connectivity index (χ3v) is 3.65. The molecule has 25 heavy (non-hydrogen) atoms. The standard InChI is InChI=1S/C18H15N3O4/c22-14(23)11-21(10-12-5-2-1-3-6-12)18(25)16-17(24)15-13(9-20-16)7-4-8-19-15/h1-9,24H,10-11H2,(H,22,23). The Bertz CT molecular complexity index is 928. The molecule has 0 unspecified atom stereocenters. The van der Waals surface area contributed by atoms with E-state index in [0.29, 0.717) is 5.39 Å². The van der Waals surface area contributed by atoms with Crippen molar-refractivity contribution < 1.29 is 19.8 Å². The highest BCUT2D eigenvalue weighted by molar-refractivity contribution is 6.01. The zero-order valence-corrected chi connectivity index (χ0v) is 13.2. The summed E-state index contributed by atoms with van der Waals surface area (Å²) in [6.45, 7) is -0.414. The van der Waals surface area contributed by atoms with Crippen LogP contribution in [0.5, 0.6) is 5.75 Å². The Balaban J connectivity index is 1.97. The average molecular weight is 337 g/mol. The summed E-state index contributed by atoms with van der Waals surface area (Å²) in [6, 6.07) is 12.4. The Morgan fingerprint density at radius 2 is 1.80 bits per heavy atom. The molecule has 3 aromatic rings. The van der Waals surface area contributed by atoms with Gasteiger partial charge in [0, 0.05) is 24.3 Å². The molecule has 1 amide bonds. The molecule has 2 aromatic heterocycles. The number of aliphatic carboxylic acids is 1. The molecule has 126 valence electrons. The van der Waals surface area contributed by atoms with Crippen LogP contribution < -0.4 is 0 Å². The SMILES string of the molecule is O=C(O)CN(Cc1ccccc1)C(=O)c1ncc2cccnc2c1O. The fraction of sp³-hybridized carbons (Fsp3) is 0.111. The van der Waals surface area contributed by atoms with Crippen molar-refractivity contribution in [2.24, 2.45) is 0 Å². The van der Waals surface area contributed by atoms with Crippen molar-refractivity contribution in [2.75, 3.05) is 6.54 Å². The van der Waals surface area contributed by atoms with E-state index in [-0.39, 0.29) is 23.5 Å². The normalized spacial score (nSPS) is 10.6. The van der Waals surface area contributed by atoms with Gasteiger partial charge in [-0.1, -0.05) is 30.3 Å². The lowest BCUT2D eigenvalue weighted by atomic mass is 10.1. The number of carboxylic acids is 1. The van der Waals surface area contributed by atoms with Crippen LogP contribution in [0.4, 0.5) is 0 Å². The summed E-state index contributed by atoms with van der Waals surface area (Å²) < 4.78 is 0. The van der Waals surface area contributed by atoms with Gasteiger partial charge in [-0.2, -0.15) is 0 Å². The largest absolute Gasteiger partial charge is 0.504 e. The van der Waals surface area contributed by atoms with Crippen LogP contribution >= 0.6 is 0 Å².